The first-order valence-corrected chi connectivity index (χ1v) is 7.39. The van der Waals surface area contributed by atoms with E-state index in [0.717, 1.165) is 36.1 Å². The molecule has 0 aliphatic carbocycles. The topological polar surface area (TPSA) is 20.3 Å². The summed E-state index contributed by atoms with van der Waals surface area (Å²) >= 11 is 0. The van der Waals surface area contributed by atoms with Crippen molar-refractivity contribution in [2.24, 2.45) is 0 Å². The van der Waals surface area contributed by atoms with Gasteiger partial charge in [0.25, 0.3) is 5.91 Å². The Kier molecular flexibility index (Phi) is 3.92. The molecule has 0 bridgehead atoms. The van der Waals surface area contributed by atoms with E-state index in [-0.39, 0.29) is 6.04 Å². The van der Waals surface area contributed by atoms with Gasteiger partial charge in [-0.25, -0.2) is 8.78 Å². The Balaban J connectivity index is 1.93. The summed E-state index contributed by atoms with van der Waals surface area (Å²) in [7, 11) is 0. The molecule has 1 aliphatic rings. The fraction of sp³-hybridized carbons (Fsp3) is 0.278. The molecule has 0 radical (unpaired) electrons. The van der Waals surface area contributed by atoms with Gasteiger partial charge in [-0.05, 0) is 37.5 Å². The fourth-order valence-corrected chi connectivity index (χ4v) is 2.99. The molecular formula is C18H17F2NO. The Hall–Kier alpha value is -2.23. The Morgan fingerprint density at radius 3 is 2.36 bits per heavy atom. The first-order valence-electron chi connectivity index (χ1n) is 7.39. The van der Waals surface area contributed by atoms with Crippen LogP contribution < -0.4 is 0 Å². The van der Waals surface area contributed by atoms with Gasteiger partial charge >= 0.3 is 0 Å². The van der Waals surface area contributed by atoms with Gasteiger partial charge in [-0.3, -0.25) is 4.79 Å². The van der Waals surface area contributed by atoms with Crippen LogP contribution >= 0.6 is 0 Å². The molecular weight excluding hydrogens is 284 g/mol. The number of aryl methyl sites for hydroxylation is 1. The standard InChI is InChI=1S/C18H17F2NO/c1-12-7-9-13(10-8-12)16-6-3-11-21(16)18(22)17-14(19)4-2-5-15(17)20/h2,4-5,7-10,16H,3,6,11H2,1H3/t16-/m0/s1. The van der Waals surface area contributed by atoms with Crippen LogP contribution in [0, 0.1) is 18.6 Å². The van der Waals surface area contributed by atoms with Crippen molar-refractivity contribution in [3.05, 3.63) is 70.8 Å². The van der Waals surface area contributed by atoms with Crippen LogP contribution in [0.25, 0.3) is 0 Å². The summed E-state index contributed by atoms with van der Waals surface area (Å²) in [5.74, 6) is -2.18. The molecule has 1 heterocycles. The molecule has 2 aromatic carbocycles. The highest BCUT2D eigenvalue weighted by Gasteiger charge is 2.33. The first-order chi connectivity index (χ1) is 10.6. The summed E-state index contributed by atoms with van der Waals surface area (Å²) in [6.45, 7) is 2.52. The number of amides is 1. The van der Waals surface area contributed by atoms with Crippen molar-refractivity contribution in [2.75, 3.05) is 6.54 Å². The van der Waals surface area contributed by atoms with E-state index in [1.165, 1.54) is 6.07 Å². The lowest BCUT2D eigenvalue weighted by atomic mass is 10.0. The highest BCUT2D eigenvalue weighted by Crippen LogP contribution is 2.33. The summed E-state index contributed by atoms with van der Waals surface area (Å²) in [4.78, 5) is 14.2. The Morgan fingerprint density at radius 2 is 1.73 bits per heavy atom. The van der Waals surface area contributed by atoms with Crippen LogP contribution in [0.5, 0.6) is 0 Å². The average Bonchev–Trinajstić information content (AvgIpc) is 2.97. The lowest BCUT2D eigenvalue weighted by molar-refractivity contribution is 0.0725. The minimum Gasteiger partial charge on any atom is -0.331 e. The molecule has 0 N–H and O–H groups in total. The molecule has 3 rings (SSSR count). The van der Waals surface area contributed by atoms with Crippen LogP contribution in [0.15, 0.2) is 42.5 Å². The zero-order valence-corrected chi connectivity index (χ0v) is 12.4. The van der Waals surface area contributed by atoms with E-state index in [0.29, 0.717) is 6.54 Å². The quantitative estimate of drug-likeness (QED) is 0.812. The predicted octanol–water partition coefficient (Wildman–Crippen LogP) is 4.25. The number of nitrogens with zero attached hydrogens (tertiary/aromatic N) is 1. The zero-order valence-electron chi connectivity index (χ0n) is 12.4. The molecule has 0 spiro atoms. The molecule has 1 atom stereocenters. The van der Waals surface area contributed by atoms with Gasteiger partial charge in [0.15, 0.2) is 0 Å². The summed E-state index contributed by atoms with van der Waals surface area (Å²) < 4.78 is 27.7. The van der Waals surface area contributed by atoms with Gasteiger partial charge in [0.05, 0.1) is 6.04 Å². The van der Waals surface area contributed by atoms with Gasteiger partial charge in [0, 0.05) is 6.54 Å². The van der Waals surface area contributed by atoms with Crippen LogP contribution in [0.2, 0.25) is 0 Å². The minimum atomic E-state index is -0.806. The van der Waals surface area contributed by atoms with Gasteiger partial charge < -0.3 is 4.90 Å². The van der Waals surface area contributed by atoms with Crippen molar-refractivity contribution in [1.82, 2.24) is 4.90 Å². The van der Waals surface area contributed by atoms with Gasteiger partial charge in [-0.15, -0.1) is 0 Å². The number of hydrogen-bond acceptors (Lipinski definition) is 1. The van der Waals surface area contributed by atoms with Crippen molar-refractivity contribution in [1.29, 1.82) is 0 Å². The molecule has 0 unspecified atom stereocenters. The minimum absolute atomic E-state index is 0.118. The Morgan fingerprint density at radius 1 is 1.09 bits per heavy atom. The first kappa shape index (κ1) is 14.7. The van der Waals surface area contributed by atoms with E-state index < -0.39 is 23.1 Å². The molecule has 114 valence electrons. The van der Waals surface area contributed by atoms with Crippen LogP contribution in [0.4, 0.5) is 8.78 Å². The van der Waals surface area contributed by atoms with Crippen molar-refractivity contribution >= 4 is 5.91 Å². The molecule has 4 heteroatoms. The van der Waals surface area contributed by atoms with Crippen LogP contribution in [-0.2, 0) is 0 Å². The van der Waals surface area contributed by atoms with E-state index in [1.807, 2.05) is 31.2 Å². The van der Waals surface area contributed by atoms with Gasteiger partial charge in [-0.1, -0.05) is 35.9 Å². The lowest BCUT2D eigenvalue weighted by Crippen LogP contribution is -2.32. The maximum atomic E-state index is 13.8. The largest absolute Gasteiger partial charge is 0.331 e. The maximum absolute atomic E-state index is 13.8. The summed E-state index contributed by atoms with van der Waals surface area (Å²) in [6.07, 6.45) is 1.64. The highest BCUT2D eigenvalue weighted by molar-refractivity contribution is 5.95. The molecule has 1 amide bonds. The van der Waals surface area contributed by atoms with E-state index in [4.69, 9.17) is 0 Å². The number of likely N-dealkylation sites (tertiary alicyclic amines) is 1. The van der Waals surface area contributed by atoms with Crippen molar-refractivity contribution in [2.45, 2.75) is 25.8 Å². The van der Waals surface area contributed by atoms with Crippen molar-refractivity contribution < 1.29 is 13.6 Å². The molecule has 1 saturated heterocycles. The second-order valence-corrected chi connectivity index (χ2v) is 5.66. The van der Waals surface area contributed by atoms with Crippen LogP contribution in [0.1, 0.15) is 40.4 Å². The summed E-state index contributed by atoms with van der Waals surface area (Å²) in [6, 6.07) is 11.3. The third-order valence-corrected chi connectivity index (χ3v) is 4.15. The average molecular weight is 301 g/mol. The third-order valence-electron chi connectivity index (χ3n) is 4.15. The second kappa shape index (κ2) is 5.87. The van der Waals surface area contributed by atoms with Gasteiger partial charge in [-0.2, -0.15) is 0 Å². The van der Waals surface area contributed by atoms with E-state index in [9.17, 15) is 13.6 Å². The van der Waals surface area contributed by atoms with Crippen LogP contribution in [-0.4, -0.2) is 17.4 Å². The predicted molar refractivity (Wildman–Crippen MR) is 80.5 cm³/mol. The number of benzene rings is 2. The molecule has 0 aromatic heterocycles. The van der Waals surface area contributed by atoms with Crippen molar-refractivity contribution in [3.63, 3.8) is 0 Å². The molecule has 2 nitrogen and oxygen atoms in total. The van der Waals surface area contributed by atoms with E-state index in [2.05, 4.69) is 0 Å². The monoisotopic (exact) mass is 301 g/mol. The zero-order chi connectivity index (χ0) is 15.7. The molecule has 22 heavy (non-hydrogen) atoms. The number of halogens is 2. The maximum Gasteiger partial charge on any atom is 0.260 e. The summed E-state index contributed by atoms with van der Waals surface area (Å²) in [5, 5.41) is 0. The molecule has 1 aliphatic heterocycles. The number of hydrogen-bond donors (Lipinski definition) is 0. The second-order valence-electron chi connectivity index (χ2n) is 5.66. The number of carbonyl (C=O) groups is 1. The lowest BCUT2D eigenvalue weighted by Gasteiger charge is -2.25. The number of rotatable bonds is 2. The third kappa shape index (κ3) is 2.61. The van der Waals surface area contributed by atoms with Crippen molar-refractivity contribution in [3.8, 4) is 0 Å². The van der Waals surface area contributed by atoms with E-state index >= 15 is 0 Å². The number of carbonyl (C=O) groups excluding carboxylic acids is 1. The molecule has 2 aromatic rings. The normalized spacial score (nSPS) is 17.8. The Bertz CT molecular complexity index is 676. The van der Waals surface area contributed by atoms with Crippen LogP contribution in [0.3, 0.4) is 0 Å². The fourth-order valence-electron chi connectivity index (χ4n) is 2.99. The molecule has 1 fully saturated rings. The summed E-state index contributed by atoms with van der Waals surface area (Å²) in [5.41, 5.74) is 1.69. The van der Waals surface area contributed by atoms with Gasteiger partial charge in [0.2, 0.25) is 0 Å². The van der Waals surface area contributed by atoms with E-state index in [1.54, 1.807) is 4.90 Å². The smallest absolute Gasteiger partial charge is 0.260 e. The SMILES string of the molecule is Cc1ccc([C@@H]2CCCN2C(=O)c2c(F)cccc2F)cc1. The highest BCUT2D eigenvalue weighted by atomic mass is 19.1. The Labute approximate surface area is 128 Å². The van der Waals surface area contributed by atoms with Gasteiger partial charge in [0.1, 0.15) is 17.2 Å². The molecule has 0 saturated carbocycles.